The maximum absolute atomic E-state index is 12.3. The smallest absolute Gasteiger partial charge is 0.220 e. The topological polar surface area (TPSA) is 51.2 Å². The van der Waals surface area contributed by atoms with E-state index in [2.05, 4.69) is 22.4 Å². The van der Waals surface area contributed by atoms with E-state index in [1.807, 2.05) is 18.4 Å². The van der Waals surface area contributed by atoms with Crippen LogP contribution in [-0.2, 0) is 17.6 Å². The van der Waals surface area contributed by atoms with E-state index in [1.54, 1.807) is 18.4 Å². The molecule has 3 rings (SSSR count). The zero-order valence-electron chi connectivity index (χ0n) is 14.3. The summed E-state index contributed by atoms with van der Waals surface area (Å²) in [5.74, 6) is 1.36. The molecule has 1 aliphatic carbocycles. The van der Waals surface area contributed by atoms with Gasteiger partial charge in [0, 0.05) is 30.5 Å². The molecule has 0 fully saturated rings. The molecule has 0 saturated carbocycles. The molecule has 0 saturated heterocycles. The van der Waals surface area contributed by atoms with Crippen LogP contribution in [-0.4, -0.2) is 24.5 Å². The van der Waals surface area contributed by atoms with E-state index >= 15 is 0 Å². The van der Waals surface area contributed by atoms with Crippen molar-refractivity contribution in [2.45, 2.75) is 44.9 Å². The van der Waals surface area contributed by atoms with Gasteiger partial charge in [0.25, 0.3) is 0 Å². The number of thiazole rings is 1. The molecule has 2 aromatic rings. The standard InChI is InChI=1S/C19H24N2O2S/c1-13-12-24-19(21-13)8-9-20-18(22)11-15-5-3-4-14-10-16(23-2)6-7-17(14)15/h6-7,10,12,15H,3-5,8-9,11H2,1-2H3,(H,20,22)/t15-/m1/s1. The first kappa shape index (κ1) is 17.0. The number of hydrogen-bond acceptors (Lipinski definition) is 4. The van der Waals surface area contributed by atoms with Crippen LogP contribution in [0.1, 0.15) is 47.0 Å². The molecule has 1 heterocycles. The number of nitrogens with one attached hydrogen (secondary N) is 1. The number of carbonyl (C=O) groups is 1. The first-order valence-corrected chi connectivity index (χ1v) is 9.38. The summed E-state index contributed by atoms with van der Waals surface area (Å²) in [5, 5.41) is 6.18. The van der Waals surface area contributed by atoms with Crippen molar-refractivity contribution in [3.05, 3.63) is 45.4 Å². The Morgan fingerprint density at radius 3 is 3.08 bits per heavy atom. The molecular formula is C19H24N2O2S. The quantitative estimate of drug-likeness (QED) is 0.870. The van der Waals surface area contributed by atoms with Crippen molar-refractivity contribution in [1.29, 1.82) is 0 Å². The van der Waals surface area contributed by atoms with Crippen molar-refractivity contribution in [3.63, 3.8) is 0 Å². The molecule has 1 amide bonds. The van der Waals surface area contributed by atoms with E-state index < -0.39 is 0 Å². The molecule has 1 aromatic carbocycles. The third-order valence-corrected chi connectivity index (χ3v) is 5.57. The molecule has 0 radical (unpaired) electrons. The van der Waals surface area contributed by atoms with Gasteiger partial charge < -0.3 is 10.1 Å². The second-order valence-electron chi connectivity index (χ2n) is 6.34. The largest absolute Gasteiger partial charge is 0.497 e. The highest BCUT2D eigenvalue weighted by molar-refractivity contribution is 7.09. The molecule has 4 nitrogen and oxygen atoms in total. The second-order valence-corrected chi connectivity index (χ2v) is 7.28. The van der Waals surface area contributed by atoms with Crippen molar-refractivity contribution in [1.82, 2.24) is 10.3 Å². The monoisotopic (exact) mass is 344 g/mol. The highest BCUT2D eigenvalue weighted by Gasteiger charge is 2.23. The SMILES string of the molecule is COc1ccc2c(c1)CCC[C@@H]2CC(=O)NCCc1nc(C)cs1. The molecule has 1 aliphatic rings. The Morgan fingerprint density at radius 2 is 2.33 bits per heavy atom. The highest BCUT2D eigenvalue weighted by atomic mass is 32.1. The molecule has 1 N–H and O–H groups in total. The Labute approximate surface area is 147 Å². The van der Waals surface area contributed by atoms with Gasteiger partial charge in [0.1, 0.15) is 5.75 Å². The molecule has 0 unspecified atom stereocenters. The summed E-state index contributed by atoms with van der Waals surface area (Å²) in [6, 6.07) is 6.24. The van der Waals surface area contributed by atoms with Crippen LogP contribution in [0.4, 0.5) is 0 Å². The number of carbonyl (C=O) groups excluding carboxylic acids is 1. The molecule has 0 bridgehead atoms. The molecule has 5 heteroatoms. The van der Waals surface area contributed by atoms with E-state index in [0.29, 0.717) is 18.9 Å². The van der Waals surface area contributed by atoms with Gasteiger partial charge in [0.15, 0.2) is 0 Å². The van der Waals surface area contributed by atoms with Gasteiger partial charge in [-0.3, -0.25) is 4.79 Å². The van der Waals surface area contributed by atoms with Crippen LogP contribution in [0.3, 0.4) is 0 Å². The van der Waals surface area contributed by atoms with Crippen LogP contribution in [0.25, 0.3) is 0 Å². The fourth-order valence-electron chi connectivity index (χ4n) is 3.35. The summed E-state index contributed by atoms with van der Waals surface area (Å²) in [7, 11) is 1.69. The van der Waals surface area contributed by atoms with E-state index in [1.165, 1.54) is 11.1 Å². The van der Waals surface area contributed by atoms with Crippen molar-refractivity contribution in [2.24, 2.45) is 0 Å². The predicted molar refractivity (Wildman–Crippen MR) is 96.9 cm³/mol. The first-order valence-electron chi connectivity index (χ1n) is 8.50. The minimum atomic E-state index is 0.136. The number of aryl methyl sites for hydroxylation is 2. The number of amides is 1. The van der Waals surface area contributed by atoms with Crippen molar-refractivity contribution in [2.75, 3.05) is 13.7 Å². The van der Waals surface area contributed by atoms with E-state index in [9.17, 15) is 4.79 Å². The number of methoxy groups -OCH3 is 1. The van der Waals surface area contributed by atoms with Gasteiger partial charge in [-0.15, -0.1) is 11.3 Å². The zero-order chi connectivity index (χ0) is 16.9. The van der Waals surface area contributed by atoms with E-state index in [4.69, 9.17) is 4.74 Å². The van der Waals surface area contributed by atoms with Gasteiger partial charge >= 0.3 is 0 Å². The summed E-state index contributed by atoms with van der Waals surface area (Å²) < 4.78 is 5.31. The molecule has 24 heavy (non-hydrogen) atoms. The molecule has 0 aliphatic heterocycles. The van der Waals surface area contributed by atoms with Crippen LogP contribution in [0.2, 0.25) is 0 Å². The maximum Gasteiger partial charge on any atom is 0.220 e. The number of hydrogen-bond donors (Lipinski definition) is 1. The Balaban J connectivity index is 1.53. The number of nitrogens with zero attached hydrogens (tertiary/aromatic N) is 1. The van der Waals surface area contributed by atoms with Crippen molar-refractivity contribution in [3.8, 4) is 5.75 Å². The molecule has 0 spiro atoms. The van der Waals surface area contributed by atoms with Gasteiger partial charge in [0.05, 0.1) is 12.1 Å². The number of fused-ring (bicyclic) bond motifs is 1. The third kappa shape index (κ3) is 4.15. The molecule has 1 atom stereocenters. The minimum absolute atomic E-state index is 0.136. The lowest BCUT2D eigenvalue weighted by Gasteiger charge is -2.25. The Bertz CT molecular complexity index is 711. The van der Waals surface area contributed by atoms with Crippen molar-refractivity contribution < 1.29 is 9.53 Å². The average molecular weight is 344 g/mol. The molecular weight excluding hydrogens is 320 g/mol. The van der Waals surface area contributed by atoms with Gasteiger partial charge in [0.2, 0.25) is 5.91 Å². The number of benzene rings is 1. The van der Waals surface area contributed by atoms with Crippen LogP contribution < -0.4 is 10.1 Å². The third-order valence-electron chi connectivity index (χ3n) is 4.55. The summed E-state index contributed by atoms with van der Waals surface area (Å²) in [5.41, 5.74) is 3.69. The minimum Gasteiger partial charge on any atom is -0.497 e. The van der Waals surface area contributed by atoms with Crippen LogP contribution in [0.5, 0.6) is 5.75 Å². The Hall–Kier alpha value is -1.88. The fraction of sp³-hybridized carbons (Fsp3) is 0.474. The molecule has 128 valence electrons. The van der Waals surface area contributed by atoms with Gasteiger partial charge in [-0.05, 0) is 55.4 Å². The number of ether oxygens (including phenoxy) is 1. The first-order chi connectivity index (χ1) is 11.7. The van der Waals surface area contributed by atoms with Gasteiger partial charge in [-0.2, -0.15) is 0 Å². The summed E-state index contributed by atoms with van der Waals surface area (Å²) in [6.07, 6.45) is 4.67. The van der Waals surface area contributed by atoms with Gasteiger partial charge in [-0.1, -0.05) is 6.07 Å². The normalized spacial score (nSPS) is 16.5. The van der Waals surface area contributed by atoms with Crippen LogP contribution in [0, 0.1) is 6.92 Å². The summed E-state index contributed by atoms with van der Waals surface area (Å²) >= 11 is 1.66. The lowest BCUT2D eigenvalue weighted by atomic mass is 9.81. The average Bonchev–Trinajstić information content (AvgIpc) is 3.00. The van der Waals surface area contributed by atoms with Crippen molar-refractivity contribution >= 4 is 17.2 Å². The maximum atomic E-state index is 12.3. The second kappa shape index (κ2) is 7.79. The molecule has 1 aromatic heterocycles. The Kier molecular flexibility index (Phi) is 5.51. The number of rotatable bonds is 6. The Morgan fingerprint density at radius 1 is 1.46 bits per heavy atom. The fourth-order valence-corrected chi connectivity index (χ4v) is 4.13. The number of aromatic nitrogens is 1. The highest BCUT2D eigenvalue weighted by Crippen LogP contribution is 2.35. The lowest BCUT2D eigenvalue weighted by molar-refractivity contribution is -0.121. The summed E-state index contributed by atoms with van der Waals surface area (Å²) in [4.78, 5) is 16.7. The van der Waals surface area contributed by atoms with Gasteiger partial charge in [-0.25, -0.2) is 4.98 Å². The van der Waals surface area contributed by atoms with Crippen LogP contribution >= 0.6 is 11.3 Å². The zero-order valence-corrected chi connectivity index (χ0v) is 15.1. The van der Waals surface area contributed by atoms with E-state index in [-0.39, 0.29) is 5.91 Å². The predicted octanol–water partition coefficient (Wildman–Crippen LogP) is 3.63. The lowest BCUT2D eigenvalue weighted by Crippen LogP contribution is -2.28. The van der Waals surface area contributed by atoms with Crippen LogP contribution in [0.15, 0.2) is 23.6 Å². The summed E-state index contributed by atoms with van der Waals surface area (Å²) in [6.45, 7) is 2.65. The van der Waals surface area contributed by atoms with E-state index in [0.717, 1.165) is 42.1 Å².